The number of carbonyl (C=O) groups excluding carboxylic acids is 15. The number of hydrogen-bond acceptors (Lipinski definition) is 26. The van der Waals surface area contributed by atoms with Crippen LogP contribution in [0.4, 0.5) is 0 Å². The number of aliphatic carboxylic acids is 9. The van der Waals surface area contributed by atoms with Crippen molar-refractivity contribution < 1.29 is 166 Å². The first-order valence-electron chi connectivity index (χ1n) is 43.1. The zero-order valence-corrected chi connectivity index (χ0v) is 74.5. The van der Waals surface area contributed by atoms with Gasteiger partial charge < -0.3 is 142 Å². The van der Waals surface area contributed by atoms with Gasteiger partial charge in [0.2, 0.25) is 88.6 Å². The number of nitrogens with one attached hydrogen (secondary N) is 14. The average molecular weight is 1930 g/mol. The summed E-state index contributed by atoms with van der Waals surface area (Å²) in [5.41, 5.74) is 12.5. The second-order valence-electron chi connectivity index (χ2n) is 32.6. The van der Waals surface area contributed by atoms with Gasteiger partial charge in [-0.05, 0) is 112 Å². The number of carboxylic acids is 9. The van der Waals surface area contributed by atoms with Crippen LogP contribution in [0, 0.1) is 5.92 Å². The van der Waals surface area contributed by atoms with Crippen LogP contribution >= 0.6 is 0 Å². The van der Waals surface area contributed by atoms with Crippen molar-refractivity contribution in [2.45, 2.75) is 253 Å². The summed E-state index contributed by atoms with van der Waals surface area (Å²) in [6.07, 6.45) is -13.1. The van der Waals surface area contributed by atoms with Gasteiger partial charge in [0.25, 0.3) is 0 Å². The lowest BCUT2D eigenvalue weighted by atomic mass is 9.99. The third kappa shape index (κ3) is 39.1. The van der Waals surface area contributed by atoms with E-state index in [2.05, 4.69) is 68.8 Å². The second-order valence-corrected chi connectivity index (χ2v) is 32.6. The van der Waals surface area contributed by atoms with Crippen LogP contribution in [0.25, 0.3) is 10.9 Å². The van der Waals surface area contributed by atoms with Crippen molar-refractivity contribution in [3.63, 3.8) is 0 Å². The van der Waals surface area contributed by atoms with E-state index in [1.807, 2.05) is 5.32 Å². The molecule has 0 saturated carbocycles. The van der Waals surface area contributed by atoms with Crippen LogP contribution in [0.1, 0.15) is 159 Å². The van der Waals surface area contributed by atoms with Crippen LogP contribution in [0.3, 0.4) is 0 Å². The molecule has 1 aliphatic heterocycles. The van der Waals surface area contributed by atoms with E-state index in [0.29, 0.717) is 22.0 Å². The number of phenols is 1. The smallest absolute Gasteiger partial charge is 0.326 e. The summed E-state index contributed by atoms with van der Waals surface area (Å²) in [4.78, 5) is 324. The van der Waals surface area contributed by atoms with E-state index in [-0.39, 0.29) is 49.5 Å². The summed E-state index contributed by atoms with van der Waals surface area (Å²) in [6.45, 7) is 3.93. The topological polar surface area (TPSA) is 839 Å². The summed E-state index contributed by atoms with van der Waals surface area (Å²) in [6, 6.07) is -8.61. The molecule has 0 radical (unpaired) electrons. The Morgan fingerprint density at radius 1 is 0.365 bits per heavy atom. The SMILES string of the molecule is CC(C)C[C@H](NC(=O)[C@H](Cc1c[nH]c2ccccc12)NC(=O)[C@H](CCC(=O)O)NC(=O)[C@H](Cc1ccccc1)NC(=O)[C@H](Cc1ccc(O)cc1)NC(=O)[C@H](CC(=O)O)NC(=O)[C@H](C)NC(=O)[C@H](CCC(=O)O)NC(=O)[C@@H]1CCCN1C(=O)[C@H](CCC(=O)O)NC(=O)[C@H](CC(=O)O)NC(=O)[C@H](CCC(=O)O)NC(=O)[C@H](CCC(N)=O)NC(=O)[C@@H](N)CCC(=O)O)C(=O)N[C@@H](CCC(=O)O)C(=O)O. The maximum Gasteiger partial charge on any atom is 0.326 e. The number of H-pyrrole nitrogens is 1. The highest BCUT2D eigenvalue weighted by Gasteiger charge is 2.43. The Hall–Kier alpha value is -15.8. The number of amides is 15. The van der Waals surface area contributed by atoms with Crippen molar-refractivity contribution in [2.24, 2.45) is 17.4 Å². The molecule has 5 rings (SSSR count). The van der Waals surface area contributed by atoms with Crippen molar-refractivity contribution in [2.75, 3.05) is 6.54 Å². The molecule has 1 aliphatic rings. The minimum atomic E-state index is -2.27. The molecule has 1 fully saturated rings. The summed E-state index contributed by atoms with van der Waals surface area (Å²) in [5.74, 6) is -33.6. The first kappa shape index (κ1) is 112. The Labute approximate surface area is 779 Å². The summed E-state index contributed by atoms with van der Waals surface area (Å²) < 4.78 is 0. The number of nitrogens with two attached hydrogens (primary N) is 2. The highest BCUT2D eigenvalue weighted by Crippen LogP contribution is 2.24. The standard InChI is InChI=1S/C86H113N17O34/c1-41(2)34-56(78(128)96-55(86(136)137)25-32-69(116)117)98-81(131)59(37-45-40-89-49-13-8-7-12-47(45)49)101-76(126)53(23-30-67(112)113)93-79(129)57(35-43-10-5-4-6-11-43)99-80(130)58(36-44-15-17-46(104)18-16-44)100-83(133)60(38-70(118)119)97-72(122)42(3)90-74(124)51(21-28-65(108)109)94-84(134)62-14-9-33-103(62)85(135)54(24-31-68(114)115)95-82(132)61(39-71(120)121)102-77(127)52(22-29-66(110)111)92-75(125)50(20-26-63(88)105)91-73(123)48(87)19-27-64(106)107/h4-8,10-13,15-18,40-42,48,50-62,89,104H,9,14,19-39,87H2,1-3H3,(H2,88,105)(H,90,124)(H,91,123)(H,92,125)(H,93,129)(H,94,134)(H,95,132)(H,96,128)(H,97,122)(H,98,131)(H,99,130)(H,100,133)(H,101,126)(H,102,127)(H,106,107)(H,108,109)(H,110,111)(H,112,113)(H,114,115)(H,116,117)(H,118,119)(H,120,121)(H,136,137)/t42-,48-,50-,51-,52-,53-,54-,55-,56-,57-,58-,59-,60-,61-,62-/m0/s1. The van der Waals surface area contributed by atoms with Crippen LogP contribution in [-0.4, -0.2) is 300 Å². The lowest BCUT2D eigenvalue weighted by Crippen LogP contribution is -2.61. The van der Waals surface area contributed by atoms with Gasteiger partial charge >= 0.3 is 53.7 Å². The van der Waals surface area contributed by atoms with Crippen molar-refractivity contribution in [3.8, 4) is 5.75 Å². The Kier molecular flexibility index (Phi) is 44.9. The minimum absolute atomic E-state index is 0.0449. The maximum atomic E-state index is 15.0. The number of rotatable bonds is 61. The monoisotopic (exact) mass is 1930 g/mol. The number of para-hydroxylation sites is 1. The fourth-order valence-electron chi connectivity index (χ4n) is 14.1. The highest BCUT2D eigenvalue weighted by atomic mass is 16.4. The van der Waals surface area contributed by atoms with Crippen LogP contribution in [0.15, 0.2) is 85.1 Å². The zero-order chi connectivity index (χ0) is 102. The van der Waals surface area contributed by atoms with Gasteiger partial charge in [-0.25, -0.2) is 4.79 Å². The molecule has 51 heteroatoms. The Morgan fingerprint density at radius 2 is 0.715 bits per heavy atom. The molecule has 1 saturated heterocycles. The van der Waals surface area contributed by atoms with E-state index in [0.717, 1.165) is 11.8 Å². The molecule has 0 aliphatic carbocycles. The van der Waals surface area contributed by atoms with Crippen molar-refractivity contribution >= 4 is 153 Å². The van der Waals surface area contributed by atoms with Gasteiger partial charge in [-0.1, -0.05) is 74.5 Å². The molecular weight excluding hydrogens is 1820 g/mol. The largest absolute Gasteiger partial charge is 0.508 e. The number of phenolic OH excluding ortho intramolecular Hbond substituents is 1. The van der Waals surface area contributed by atoms with Crippen molar-refractivity contribution in [1.82, 2.24) is 79.0 Å². The number of fused-ring (bicyclic) bond motifs is 1. The molecule has 0 bridgehead atoms. The van der Waals surface area contributed by atoms with Crippen LogP contribution < -0.4 is 80.6 Å². The van der Waals surface area contributed by atoms with Crippen LogP contribution in [0.5, 0.6) is 5.75 Å². The number of nitrogens with zero attached hydrogens (tertiary/aromatic N) is 1. The molecule has 15 atom stereocenters. The minimum Gasteiger partial charge on any atom is -0.508 e. The second kappa shape index (κ2) is 55.0. The van der Waals surface area contributed by atoms with Gasteiger partial charge in [-0.15, -0.1) is 0 Å². The van der Waals surface area contributed by atoms with Crippen molar-refractivity contribution in [1.29, 1.82) is 0 Å². The Balaban J connectivity index is 1.40. The number of likely N-dealkylation sites (tertiary alicyclic amines) is 1. The third-order valence-corrected chi connectivity index (χ3v) is 21.3. The average Bonchev–Trinajstić information content (AvgIpc) is 1.74. The van der Waals surface area contributed by atoms with E-state index in [1.54, 1.807) is 56.3 Å². The molecule has 15 amide bonds. The first-order chi connectivity index (χ1) is 64.5. The number of hydrogen-bond donors (Lipinski definition) is 26. The number of benzene rings is 3. The molecule has 1 aromatic heterocycles. The Bertz CT molecular complexity index is 5070. The molecule has 0 unspecified atom stereocenters. The van der Waals surface area contributed by atoms with Gasteiger partial charge in [0.05, 0.1) is 18.9 Å². The number of aromatic amines is 1. The van der Waals surface area contributed by atoms with E-state index in [4.69, 9.17) is 16.6 Å². The number of carboxylic acid groups (broad SMARTS) is 9. The predicted octanol–water partition coefficient (Wildman–Crippen LogP) is -4.92. The molecule has 2 heterocycles. The van der Waals surface area contributed by atoms with Gasteiger partial charge in [-0.3, -0.25) is 110 Å². The lowest BCUT2D eigenvalue weighted by molar-refractivity contribution is -0.145. The van der Waals surface area contributed by atoms with Gasteiger partial charge in [-0.2, -0.15) is 0 Å². The number of aromatic hydroxyl groups is 1. The third-order valence-electron chi connectivity index (χ3n) is 21.3. The maximum absolute atomic E-state index is 15.0. The van der Waals surface area contributed by atoms with Crippen LogP contribution in [-0.2, 0) is 134 Å². The van der Waals surface area contributed by atoms with E-state index >= 15 is 9.59 Å². The quantitative estimate of drug-likeness (QED) is 0.0197. The van der Waals surface area contributed by atoms with E-state index in [9.17, 15) is 151 Å². The normalized spacial score (nSPS) is 15.2. The molecule has 51 nitrogen and oxygen atoms in total. The molecule has 0 spiro atoms. The molecule has 746 valence electrons. The fraction of sp³-hybridized carbons (Fsp3) is 0.488. The van der Waals surface area contributed by atoms with Gasteiger partial charge in [0.15, 0.2) is 0 Å². The number of aromatic nitrogens is 1. The number of primary amides is 1. The molecule has 137 heavy (non-hydrogen) atoms. The first-order valence-corrected chi connectivity index (χ1v) is 43.1. The molecular formula is C86H113N17O34. The molecule has 4 aromatic rings. The predicted molar refractivity (Wildman–Crippen MR) is 469 cm³/mol. The van der Waals surface area contributed by atoms with E-state index < -0.39 is 349 Å². The summed E-state index contributed by atoms with van der Waals surface area (Å²) in [5, 5.41) is 128. The molecule has 28 N–H and O–H groups in total. The zero-order valence-electron chi connectivity index (χ0n) is 74.5. The summed E-state index contributed by atoms with van der Waals surface area (Å²) >= 11 is 0. The van der Waals surface area contributed by atoms with Gasteiger partial charge in [0, 0.05) is 87.9 Å². The van der Waals surface area contributed by atoms with Crippen molar-refractivity contribution in [3.05, 3.63) is 102 Å². The highest BCUT2D eigenvalue weighted by molar-refractivity contribution is 6.02. The molecule has 3 aromatic carbocycles. The van der Waals surface area contributed by atoms with Gasteiger partial charge in [0.1, 0.15) is 90.3 Å². The Morgan fingerprint density at radius 3 is 1.18 bits per heavy atom. The summed E-state index contributed by atoms with van der Waals surface area (Å²) in [7, 11) is 0. The number of carbonyl (C=O) groups is 24. The lowest BCUT2D eigenvalue weighted by Gasteiger charge is -2.31. The van der Waals surface area contributed by atoms with E-state index in [1.165, 1.54) is 42.6 Å². The van der Waals surface area contributed by atoms with Crippen LogP contribution in [0.2, 0.25) is 0 Å². The fourth-order valence-corrected chi connectivity index (χ4v) is 14.1.